The van der Waals surface area contributed by atoms with Crippen LogP contribution in [0, 0.1) is 10.1 Å². The number of nitrogens with zero attached hydrogens (tertiary/aromatic N) is 1. The highest BCUT2D eigenvalue weighted by molar-refractivity contribution is 8.00. The number of thioether (sulfide) groups is 1. The normalized spacial score (nSPS) is 10.0. The molecular formula is C13H15NO6S. The highest BCUT2D eigenvalue weighted by Gasteiger charge is 2.17. The van der Waals surface area contributed by atoms with E-state index in [2.05, 4.69) is 4.74 Å². The summed E-state index contributed by atoms with van der Waals surface area (Å²) >= 11 is 1.02. The minimum atomic E-state index is -0.547. The first-order chi connectivity index (χ1) is 9.97. The summed E-state index contributed by atoms with van der Waals surface area (Å²) in [7, 11) is 1.25. The Bertz CT molecular complexity index is 545. The van der Waals surface area contributed by atoms with Crippen LogP contribution in [0.15, 0.2) is 23.1 Å². The molecule has 0 aromatic heterocycles. The molecular weight excluding hydrogens is 298 g/mol. The van der Waals surface area contributed by atoms with Gasteiger partial charge in [0, 0.05) is 6.07 Å². The van der Waals surface area contributed by atoms with Crippen LogP contribution >= 0.6 is 11.8 Å². The Kier molecular flexibility index (Phi) is 6.67. The van der Waals surface area contributed by atoms with Crippen molar-refractivity contribution >= 4 is 29.4 Å². The molecule has 0 bridgehead atoms. The van der Waals surface area contributed by atoms with Crippen LogP contribution in [0.5, 0.6) is 0 Å². The van der Waals surface area contributed by atoms with Gasteiger partial charge in [0.2, 0.25) is 0 Å². The molecule has 0 aliphatic carbocycles. The molecule has 0 saturated heterocycles. The molecule has 7 nitrogen and oxygen atoms in total. The second kappa shape index (κ2) is 8.25. The molecule has 0 N–H and O–H groups in total. The van der Waals surface area contributed by atoms with Gasteiger partial charge >= 0.3 is 11.9 Å². The number of rotatable bonds is 7. The number of hydrogen-bond acceptors (Lipinski definition) is 7. The number of methoxy groups -OCH3 is 1. The first-order valence-corrected chi connectivity index (χ1v) is 7.09. The minimum absolute atomic E-state index is 0.00890. The lowest BCUT2D eigenvalue weighted by molar-refractivity contribution is -0.387. The van der Waals surface area contributed by atoms with Crippen molar-refractivity contribution in [2.24, 2.45) is 0 Å². The van der Waals surface area contributed by atoms with Crippen molar-refractivity contribution in [3.63, 3.8) is 0 Å². The molecule has 1 rings (SSSR count). The summed E-state index contributed by atoms with van der Waals surface area (Å²) in [6.45, 7) is 1.95. The second-order valence-corrected chi connectivity index (χ2v) is 4.92. The third-order valence-corrected chi connectivity index (χ3v) is 3.48. The zero-order valence-electron chi connectivity index (χ0n) is 11.7. The van der Waals surface area contributed by atoms with Crippen LogP contribution < -0.4 is 0 Å². The molecule has 0 saturated carbocycles. The minimum Gasteiger partial charge on any atom is -0.469 e. The lowest BCUT2D eigenvalue weighted by atomic mass is 10.1. The van der Waals surface area contributed by atoms with E-state index in [4.69, 9.17) is 4.74 Å². The van der Waals surface area contributed by atoms with E-state index in [1.165, 1.54) is 19.2 Å². The molecule has 0 aliphatic rings. The van der Waals surface area contributed by atoms with Gasteiger partial charge < -0.3 is 9.47 Å². The van der Waals surface area contributed by atoms with Gasteiger partial charge in [-0.1, -0.05) is 6.07 Å². The van der Waals surface area contributed by atoms with Gasteiger partial charge in [-0.25, -0.2) is 0 Å². The Morgan fingerprint density at radius 1 is 1.33 bits per heavy atom. The Morgan fingerprint density at radius 2 is 2.05 bits per heavy atom. The van der Waals surface area contributed by atoms with Crippen molar-refractivity contribution < 1.29 is 24.0 Å². The Labute approximate surface area is 125 Å². The highest BCUT2D eigenvalue weighted by Crippen LogP contribution is 2.30. The van der Waals surface area contributed by atoms with Crippen LogP contribution in [-0.4, -0.2) is 36.3 Å². The maximum Gasteiger partial charge on any atom is 0.316 e. The van der Waals surface area contributed by atoms with E-state index in [1.807, 2.05) is 0 Å². The fourth-order valence-electron chi connectivity index (χ4n) is 1.52. The van der Waals surface area contributed by atoms with Crippen LogP contribution in [0.25, 0.3) is 0 Å². The number of esters is 2. The average Bonchev–Trinajstić information content (AvgIpc) is 2.45. The summed E-state index contributed by atoms with van der Waals surface area (Å²) in [5.74, 6) is -0.919. The van der Waals surface area contributed by atoms with E-state index >= 15 is 0 Å². The molecule has 0 spiro atoms. The average molecular weight is 313 g/mol. The standard InChI is InChI=1S/C13H15NO6S/c1-3-20-13(16)8-21-11-5-4-9(7-12(15)19-2)6-10(11)14(17)18/h4-6H,3,7-8H2,1-2H3. The topological polar surface area (TPSA) is 95.7 Å². The van der Waals surface area contributed by atoms with E-state index < -0.39 is 16.9 Å². The molecule has 0 atom stereocenters. The molecule has 0 aliphatic heterocycles. The number of nitro groups is 1. The third-order valence-electron chi connectivity index (χ3n) is 2.45. The van der Waals surface area contributed by atoms with E-state index in [1.54, 1.807) is 13.0 Å². The fraction of sp³-hybridized carbons (Fsp3) is 0.385. The van der Waals surface area contributed by atoms with Crippen LogP contribution in [0.1, 0.15) is 12.5 Å². The number of benzene rings is 1. The number of carbonyl (C=O) groups is 2. The SMILES string of the molecule is CCOC(=O)CSc1ccc(CC(=O)OC)cc1[N+](=O)[O-]. The number of ether oxygens (including phenoxy) is 2. The maximum absolute atomic E-state index is 11.3. The zero-order chi connectivity index (χ0) is 15.8. The molecule has 21 heavy (non-hydrogen) atoms. The van der Waals surface area contributed by atoms with Gasteiger partial charge in [-0.2, -0.15) is 0 Å². The lowest BCUT2D eigenvalue weighted by Crippen LogP contribution is -2.07. The first-order valence-electron chi connectivity index (χ1n) is 6.10. The van der Waals surface area contributed by atoms with Crippen LogP contribution in [0.4, 0.5) is 5.69 Å². The first kappa shape index (κ1) is 17.0. The second-order valence-electron chi connectivity index (χ2n) is 3.91. The van der Waals surface area contributed by atoms with E-state index in [0.29, 0.717) is 10.5 Å². The maximum atomic E-state index is 11.3. The molecule has 0 amide bonds. The van der Waals surface area contributed by atoms with Crippen LogP contribution in [0.3, 0.4) is 0 Å². The van der Waals surface area contributed by atoms with E-state index in [9.17, 15) is 19.7 Å². The number of nitro benzene ring substituents is 1. The summed E-state index contributed by atoms with van der Waals surface area (Å²) in [4.78, 5) is 33.3. The van der Waals surface area contributed by atoms with E-state index in [0.717, 1.165) is 11.8 Å². The van der Waals surface area contributed by atoms with Gasteiger partial charge in [-0.15, -0.1) is 11.8 Å². The highest BCUT2D eigenvalue weighted by atomic mass is 32.2. The fourth-order valence-corrected chi connectivity index (χ4v) is 2.32. The van der Waals surface area contributed by atoms with Gasteiger partial charge in [0.25, 0.3) is 5.69 Å². The molecule has 0 heterocycles. The van der Waals surface area contributed by atoms with Crippen molar-refractivity contribution in [1.29, 1.82) is 0 Å². The summed E-state index contributed by atoms with van der Waals surface area (Å²) in [6.07, 6.45) is -0.0415. The summed E-state index contributed by atoms with van der Waals surface area (Å²) in [6, 6.07) is 4.42. The smallest absolute Gasteiger partial charge is 0.316 e. The predicted molar refractivity (Wildman–Crippen MR) is 76.2 cm³/mol. The Hall–Kier alpha value is -2.09. The zero-order valence-corrected chi connectivity index (χ0v) is 12.5. The molecule has 0 fully saturated rings. The molecule has 0 unspecified atom stereocenters. The molecule has 8 heteroatoms. The van der Waals surface area contributed by atoms with Crippen molar-refractivity contribution in [3.8, 4) is 0 Å². The van der Waals surface area contributed by atoms with Gasteiger partial charge in [0.15, 0.2) is 0 Å². The Balaban J connectivity index is 2.87. The van der Waals surface area contributed by atoms with Crippen molar-refractivity contribution in [2.45, 2.75) is 18.2 Å². The van der Waals surface area contributed by atoms with Crippen molar-refractivity contribution in [1.82, 2.24) is 0 Å². The van der Waals surface area contributed by atoms with Crippen LogP contribution in [-0.2, 0) is 25.5 Å². The summed E-state index contributed by atoms with van der Waals surface area (Å²) in [5.41, 5.74) is 0.333. The molecule has 1 aromatic rings. The largest absolute Gasteiger partial charge is 0.469 e. The predicted octanol–water partition coefficient (Wildman–Crippen LogP) is 1.97. The van der Waals surface area contributed by atoms with Gasteiger partial charge in [-0.3, -0.25) is 19.7 Å². The summed E-state index contributed by atoms with van der Waals surface area (Å²) < 4.78 is 9.28. The van der Waals surface area contributed by atoms with E-state index in [-0.39, 0.29) is 24.5 Å². The monoisotopic (exact) mass is 313 g/mol. The van der Waals surface area contributed by atoms with Gasteiger partial charge in [-0.05, 0) is 18.6 Å². The molecule has 0 radical (unpaired) electrons. The van der Waals surface area contributed by atoms with Crippen molar-refractivity contribution in [3.05, 3.63) is 33.9 Å². The van der Waals surface area contributed by atoms with Crippen molar-refractivity contribution in [2.75, 3.05) is 19.5 Å². The van der Waals surface area contributed by atoms with Gasteiger partial charge in [0.1, 0.15) is 0 Å². The summed E-state index contributed by atoms with van der Waals surface area (Å²) in [5, 5.41) is 11.1. The molecule has 114 valence electrons. The number of hydrogen-bond donors (Lipinski definition) is 0. The number of carbonyl (C=O) groups excluding carboxylic acids is 2. The lowest BCUT2D eigenvalue weighted by Gasteiger charge is -2.05. The van der Waals surface area contributed by atoms with Crippen LogP contribution in [0.2, 0.25) is 0 Å². The van der Waals surface area contributed by atoms with Gasteiger partial charge in [0.05, 0.1) is 35.7 Å². The third kappa shape index (κ3) is 5.42. The molecule has 1 aromatic carbocycles. The Morgan fingerprint density at radius 3 is 2.62 bits per heavy atom. The quantitative estimate of drug-likeness (QED) is 0.328.